The van der Waals surface area contributed by atoms with Crippen molar-refractivity contribution in [1.82, 2.24) is 0 Å². The Bertz CT molecular complexity index is 1240. The minimum Gasteiger partial charge on any atom is -0.493 e. The van der Waals surface area contributed by atoms with Crippen molar-refractivity contribution in [3.8, 4) is 11.5 Å². The van der Waals surface area contributed by atoms with Crippen molar-refractivity contribution in [1.29, 1.82) is 0 Å². The van der Waals surface area contributed by atoms with Crippen molar-refractivity contribution in [2.75, 3.05) is 25.8 Å². The number of anilines is 1. The molecule has 0 atom stereocenters. The van der Waals surface area contributed by atoms with E-state index in [9.17, 15) is 31.5 Å². The van der Waals surface area contributed by atoms with Crippen LogP contribution in [0.25, 0.3) is 6.08 Å². The van der Waals surface area contributed by atoms with Crippen molar-refractivity contribution in [2.45, 2.75) is 6.92 Å². The van der Waals surface area contributed by atoms with Gasteiger partial charge in [-0.3, -0.25) is 4.79 Å². The highest BCUT2D eigenvalue weighted by molar-refractivity contribution is 9.10. The number of carbonyl (C=O) groups is 2. The van der Waals surface area contributed by atoms with Gasteiger partial charge in [0.25, 0.3) is 5.91 Å². The number of amides is 1. The maximum absolute atomic E-state index is 14.2. The van der Waals surface area contributed by atoms with Crippen molar-refractivity contribution in [3.05, 3.63) is 56.8 Å². The summed E-state index contributed by atoms with van der Waals surface area (Å²) < 4.78 is 84.3. The van der Waals surface area contributed by atoms with Crippen LogP contribution in [0.3, 0.4) is 0 Å². The Morgan fingerprint density at radius 1 is 1.06 bits per heavy atom. The first kappa shape index (κ1) is 25.1. The third-order valence-electron chi connectivity index (χ3n) is 4.59. The molecule has 0 radical (unpaired) electrons. The molecule has 13 heteroatoms. The second-order valence-electron chi connectivity index (χ2n) is 6.68. The van der Waals surface area contributed by atoms with Crippen molar-refractivity contribution in [2.24, 2.45) is 5.10 Å². The fourth-order valence-electron chi connectivity index (χ4n) is 2.94. The van der Waals surface area contributed by atoms with Gasteiger partial charge in [0.05, 0.1) is 30.0 Å². The Hall–Kier alpha value is -3.48. The lowest BCUT2D eigenvalue weighted by Gasteiger charge is -2.15. The molecule has 3 rings (SSSR count). The lowest BCUT2D eigenvalue weighted by Crippen LogP contribution is -2.25. The average Bonchev–Trinajstić information content (AvgIpc) is 3.08. The van der Waals surface area contributed by atoms with E-state index in [1.807, 2.05) is 0 Å². The SMILES string of the molecule is COC(=O)COc1c(Br)cc(/C=C2/C(=O)N(c3c(F)c(F)c(F)c(F)c3F)N=C2C)cc1OC. The number of benzene rings is 2. The monoisotopic (exact) mass is 548 g/mol. The van der Waals surface area contributed by atoms with Crippen LogP contribution in [0.5, 0.6) is 11.5 Å². The summed E-state index contributed by atoms with van der Waals surface area (Å²) in [5.41, 5.74) is -1.39. The van der Waals surface area contributed by atoms with Gasteiger partial charge in [-0.2, -0.15) is 10.1 Å². The molecule has 34 heavy (non-hydrogen) atoms. The van der Waals surface area contributed by atoms with E-state index in [1.165, 1.54) is 39.4 Å². The first-order valence-electron chi connectivity index (χ1n) is 9.22. The molecule has 0 aromatic heterocycles. The Labute approximate surface area is 197 Å². The van der Waals surface area contributed by atoms with Crippen LogP contribution >= 0.6 is 15.9 Å². The molecule has 0 saturated heterocycles. The van der Waals surface area contributed by atoms with Gasteiger partial charge >= 0.3 is 5.97 Å². The lowest BCUT2D eigenvalue weighted by atomic mass is 10.1. The van der Waals surface area contributed by atoms with Crippen LogP contribution in [0.15, 0.2) is 27.3 Å². The van der Waals surface area contributed by atoms with Crippen LogP contribution in [-0.2, 0) is 14.3 Å². The molecule has 1 aliphatic heterocycles. The van der Waals surface area contributed by atoms with Gasteiger partial charge in [0.1, 0.15) is 5.69 Å². The van der Waals surface area contributed by atoms with Gasteiger partial charge in [0, 0.05) is 0 Å². The zero-order chi connectivity index (χ0) is 25.3. The Kier molecular flexibility index (Phi) is 7.24. The van der Waals surface area contributed by atoms with Crippen molar-refractivity contribution < 1.29 is 45.8 Å². The number of nitrogens with zero attached hydrogens (tertiary/aromatic N) is 2. The maximum atomic E-state index is 14.2. The Morgan fingerprint density at radius 3 is 2.21 bits per heavy atom. The fourth-order valence-corrected chi connectivity index (χ4v) is 3.51. The summed E-state index contributed by atoms with van der Waals surface area (Å²) >= 11 is 3.25. The van der Waals surface area contributed by atoms with Crippen LogP contribution in [0.1, 0.15) is 12.5 Å². The zero-order valence-electron chi connectivity index (χ0n) is 17.6. The molecule has 0 saturated carbocycles. The van der Waals surface area contributed by atoms with Gasteiger partial charge in [0.2, 0.25) is 5.82 Å². The number of carbonyl (C=O) groups excluding carboxylic acids is 2. The highest BCUT2D eigenvalue weighted by Crippen LogP contribution is 2.38. The van der Waals surface area contributed by atoms with E-state index in [0.717, 1.165) is 0 Å². The van der Waals surface area contributed by atoms with Crippen molar-refractivity contribution >= 4 is 45.3 Å². The molecule has 0 aliphatic carbocycles. The highest BCUT2D eigenvalue weighted by Gasteiger charge is 2.37. The largest absolute Gasteiger partial charge is 0.493 e. The molecule has 0 unspecified atom stereocenters. The average molecular weight is 549 g/mol. The van der Waals surface area contributed by atoms with Gasteiger partial charge in [0.15, 0.2) is 41.4 Å². The first-order chi connectivity index (χ1) is 16.0. The molecular formula is C21H14BrF5N2O5. The second kappa shape index (κ2) is 9.79. The molecule has 0 fully saturated rings. The minimum atomic E-state index is -2.35. The molecule has 7 nitrogen and oxygen atoms in total. The summed E-state index contributed by atoms with van der Waals surface area (Å²) in [4.78, 5) is 24.1. The number of halogens is 6. The summed E-state index contributed by atoms with van der Waals surface area (Å²) in [6.07, 6.45) is 1.27. The summed E-state index contributed by atoms with van der Waals surface area (Å²) in [5.74, 6) is -12.6. The highest BCUT2D eigenvalue weighted by atomic mass is 79.9. The predicted molar refractivity (Wildman–Crippen MR) is 113 cm³/mol. The number of hydrogen-bond donors (Lipinski definition) is 0. The smallest absolute Gasteiger partial charge is 0.343 e. The fraction of sp³-hybridized carbons (Fsp3) is 0.190. The normalized spacial score (nSPS) is 14.5. The van der Waals surface area contributed by atoms with E-state index in [4.69, 9.17) is 9.47 Å². The molecule has 180 valence electrons. The second-order valence-corrected chi connectivity index (χ2v) is 7.53. The number of hydrazone groups is 1. The molecular weight excluding hydrogens is 535 g/mol. The quantitative estimate of drug-likeness (QED) is 0.174. The maximum Gasteiger partial charge on any atom is 0.343 e. The van der Waals surface area contributed by atoms with Gasteiger partial charge in [-0.25, -0.2) is 26.7 Å². The Morgan fingerprint density at radius 2 is 1.65 bits per heavy atom. The number of methoxy groups -OCH3 is 2. The zero-order valence-corrected chi connectivity index (χ0v) is 19.2. The Balaban J connectivity index is 2.00. The summed E-state index contributed by atoms with van der Waals surface area (Å²) in [5, 5.41) is 3.78. The standard InChI is InChI=1S/C21H14BrF5N2O5/c1-8-10(4-9-5-11(22)20(12(6-9)32-2)34-7-13(30)33-3)21(31)29(28-8)19-17(26)15(24)14(23)16(25)18(19)27/h4-6H,7H2,1-3H3/b10-4+. The van der Waals surface area contributed by atoms with Crippen molar-refractivity contribution in [3.63, 3.8) is 0 Å². The van der Waals surface area contributed by atoms with Gasteiger partial charge in [-0.1, -0.05) is 0 Å². The minimum absolute atomic E-state index is 0.0463. The third kappa shape index (κ3) is 4.47. The molecule has 2 aromatic carbocycles. The molecule has 1 heterocycles. The summed E-state index contributed by atoms with van der Waals surface area (Å²) in [6.45, 7) is 0.906. The van der Waals surface area contributed by atoms with Crippen LogP contribution in [0.2, 0.25) is 0 Å². The third-order valence-corrected chi connectivity index (χ3v) is 5.17. The topological polar surface area (TPSA) is 77.4 Å². The van der Waals surface area contributed by atoms with Gasteiger partial charge < -0.3 is 14.2 Å². The van der Waals surface area contributed by atoms with Crippen LogP contribution < -0.4 is 14.5 Å². The van der Waals surface area contributed by atoms with E-state index in [0.29, 0.717) is 10.0 Å². The molecule has 1 aliphatic rings. The predicted octanol–water partition coefficient (Wildman–Crippen LogP) is 4.51. The van der Waals surface area contributed by atoms with Crippen LogP contribution in [0, 0.1) is 29.1 Å². The van der Waals surface area contributed by atoms with Crippen LogP contribution in [0.4, 0.5) is 27.6 Å². The molecule has 0 N–H and O–H groups in total. The van der Waals surface area contributed by atoms with Gasteiger partial charge in [-0.05, 0) is 46.6 Å². The molecule has 1 amide bonds. The number of rotatable bonds is 6. The van der Waals surface area contributed by atoms with E-state index in [-0.39, 0.29) is 27.8 Å². The first-order valence-corrected chi connectivity index (χ1v) is 10.0. The number of ether oxygens (including phenoxy) is 3. The summed E-state index contributed by atoms with van der Waals surface area (Å²) in [6, 6.07) is 2.90. The van der Waals surface area contributed by atoms with Crippen LogP contribution in [-0.4, -0.2) is 38.4 Å². The molecule has 0 spiro atoms. The van der Waals surface area contributed by atoms with E-state index < -0.39 is 53.3 Å². The van der Waals surface area contributed by atoms with E-state index >= 15 is 0 Å². The molecule has 2 aromatic rings. The number of esters is 1. The van der Waals surface area contributed by atoms with E-state index in [1.54, 1.807) is 0 Å². The number of hydrogen-bond acceptors (Lipinski definition) is 6. The molecule has 0 bridgehead atoms. The summed E-state index contributed by atoms with van der Waals surface area (Å²) in [7, 11) is 2.51. The van der Waals surface area contributed by atoms with E-state index in [2.05, 4.69) is 25.8 Å². The lowest BCUT2D eigenvalue weighted by molar-refractivity contribution is -0.142. The van der Waals surface area contributed by atoms with Gasteiger partial charge in [-0.15, -0.1) is 0 Å².